The first-order chi connectivity index (χ1) is 9.52. The fourth-order valence-corrected chi connectivity index (χ4v) is 2.39. The van der Waals surface area contributed by atoms with Crippen LogP contribution in [0.5, 0.6) is 0 Å². The molecule has 0 radical (unpaired) electrons. The zero-order valence-electron chi connectivity index (χ0n) is 11.7. The van der Waals surface area contributed by atoms with Crippen LogP contribution in [-0.2, 0) is 0 Å². The highest BCUT2D eigenvalue weighted by Gasteiger charge is 2.15. The maximum atomic E-state index is 12.5. The minimum absolute atomic E-state index is 0.104. The van der Waals surface area contributed by atoms with Crippen molar-refractivity contribution < 1.29 is 9.21 Å². The Labute approximate surface area is 117 Å². The highest BCUT2D eigenvalue weighted by molar-refractivity contribution is 6.08. The number of pyridine rings is 1. The summed E-state index contributed by atoms with van der Waals surface area (Å²) in [5.41, 5.74) is 5.06. The standard InChI is InChI=1S/C17H15NO2/c1-10-6-11(2)8-13(7-10)17(19)16-9-14-15(20-16)5-4-12(3)18-14/h4-9H,1-3H3. The largest absolute Gasteiger partial charge is 0.451 e. The fraction of sp³-hybridized carbons (Fsp3) is 0.176. The topological polar surface area (TPSA) is 43.1 Å². The van der Waals surface area contributed by atoms with Crippen LogP contribution in [0.3, 0.4) is 0 Å². The van der Waals surface area contributed by atoms with Crippen molar-refractivity contribution in [1.29, 1.82) is 0 Å². The lowest BCUT2D eigenvalue weighted by Crippen LogP contribution is -2.00. The molecule has 0 unspecified atom stereocenters. The van der Waals surface area contributed by atoms with Crippen molar-refractivity contribution in [3.05, 3.63) is 64.5 Å². The molecular formula is C17H15NO2. The van der Waals surface area contributed by atoms with E-state index in [9.17, 15) is 4.79 Å². The second-order valence-electron chi connectivity index (χ2n) is 5.15. The second kappa shape index (κ2) is 4.60. The van der Waals surface area contributed by atoms with Gasteiger partial charge in [-0.3, -0.25) is 4.79 Å². The number of benzene rings is 1. The molecule has 2 heterocycles. The summed E-state index contributed by atoms with van der Waals surface area (Å²) in [7, 11) is 0. The Morgan fingerprint density at radius 2 is 1.70 bits per heavy atom. The fourth-order valence-electron chi connectivity index (χ4n) is 2.39. The Kier molecular flexibility index (Phi) is 2.90. The highest BCUT2D eigenvalue weighted by Crippen LogP contribution is 2.21. The van der Waals surface area contributed by atoms with E-state index in [0.29, 0.717) is 16.9 Å². The average Bonchev–Trinajstić information content (AvgIpc) is 2.79. The lowest BCUT2D eigenvalue weighted by atomic mass is 10.0. The van der Waals surface area contributed by atoms with E-state index in [1.54, 1.807) is 6.07 Å². The molecule has 0 aliphatic heterocycles. The third-order valence-corrected chi connectivity index (χ3v) is 3.22. The molecule has 3 rings (SSSR count). The van der Waals surface area contributed by atoms with Gasteiger partial charge in [0.1, 0.15) is 5.52 Å². The summed E-state index contributed by atoms with van der Waals surface area (Å²) in [5.74, 6) is 0.232. The normalized spacial score (nSPS) is 10.9. The molecule has 0 fully saturated rings. The van der Waals surface area contributed by atoms with Crippen LogP contribution in [0.25, 0.3) is 11.1 Å². The van der Waals surface area contributed by atoms with Crippen molar-refractivity contribution in [3.8, 4) is 0 Å². The molecule has 3 heteroatoms. The van der Waals surface area contributed by atoms with Gasteiger partial charge in [0.05, 0.1) is 0 Å². The SMILES string of the molecule is Cc1cc(C)cc(C(=O)c2cc3nc(C)ccc3o2)c1. The third kappa shape index (κ3) is 2.23. The number of fused-ring (bicyclic) bond motifs is 1. The van der Waals surface area contributed by atoms with Crippen molar-refractivity contribution in [1.82, 2.24) is 4.98 Å². The molecule has 1 aromatic carbocycles. The molecule has 3 nitrogen and oxygen atoms in total. The van der Waals surface area contributed by atoms with Gasteiger partial charge >= 0.3 is 0 Å². The Morgan fingerprint density at radius 3 is 2.40 bits per heavy atom. The molecule has 0 atom stereocenters. The molecule has 0 aliphatic carbocycles. The minimum Gasteiger partial charge on any atom is -0.451 e. The van der Waals surface area contributed by atoms with Crippen molar-refractivity contribution in [2.75, 3.05) is 0 Å². The molecule has 100 valence electrons. The Balaban J connectivity index is 2.07. The number of carbonyl (C=O) groups excluding carboxylic acids is 1. The molecular weight excluding hydrogens is 250 g/mol. The summed E-state index contributed by atoms with van der Waals surface area (Å²) >= 11 is 0. The van der Waals surface area contributed by atoms with Crippen LogP contribution in [0.2, 0.25) is 0 Å². The molecule has 3 aromatic rings. The third-order valence-electron chi connectivity index (χ3n) is 3.22. The van der Waals surface area contributed by atoms with E-state index in [0.717, 1.165) is 22.3 Å². The molecule has 20 heavy (non-hydrogen) atoms. The first-order valence-corrected chi connectivity index (χ1v) is 6.53. The molecule has 0 bridgehead atoms. The Hall–Kier alpha value is -2.42. The Bertz CT molecular complexity index is 795. The van der Waals surface area contributed by atoms with Crippen molar-refractivity contribution in [2.24, 2.45) is 0 Å². The van der Waals surface area contributed by atoms with E-state index < -0.39 is 0 Å². The van der Waals surface area contributed by atoms with Crippen LogP contribution >= 0.6 is 0 Å². The van der Waals surface area contributed by atoms with Crippen LogP contribution in [0.15, 0.2) is 40.8 Å². The van der Waals surface area contributed by atoms with Crippen LogP contribution in [-0.4, -0.2) is 10.8 Å². The van der Waals surface area contributed by atoms with Gasteiger partial charge in [0.2, 0.25) is 5.78 Å². The van der Waals surface area contributed by atoms with E-state index in [2.05, 4.69) is 4.98 Å². The maximum absolute atomic E-state index is 12.5. The number of nitrogens with zero attached hydrogens (tertiary/aromatic N) is 1. The van der Waals surface area contributed by atoms with Crippen LogP contribution in [0.1, 0.15) is 32.9 Å². The molecule has 0 N–H and O–H groups in total. The first kappa shape index (κ1) is 12.6. The summed E-state index contributed by atoms with van der Waals surface area (Å²) in [6.45, 7) is 5.87. The molecule has 0 saturated heterocycles. The molecule has 0 amide bonds. The minimum atomic E-state index is -0.104. The summed E-state index contributed by atoms with van der Waals surface area (Å²) < 4.78 is 5.61. The number of aromatic nitrogens is 1. The van der Waals surface area contributed by atoms with Gasteiger partial charge < -0.3 is 4.42 Å². The lowest BCUT2D eigenvalue weighted by molar-refractivity contribution is 0.101. The lowest BCUT2D eigenvalue weighted by Gasteiger charge is -2.01. The number of ketones is 1. The van der Waals surface area contributed by atoms with Gasteiger partial charge in [-0.25, -0.2) is 4.98 Å². The zero-order chi connectivity index (χ0) is 14.3. The maximum Gasteiger partial charge on any atom is 0.228 e. The number of hydrogen-bond donors (Lipinski definition) is 0. The van der Waals surface area contributed by atoms with E-state index in [4.69, 9.17) is 4.42 Å². The summed E-state index contributed by atoms with van der Waals surface area (Å²) in [5, 5.41) is 0. The predicted molar refractivity (Wildman–Crippen MR) is 78.1 cm³/mol. The predicted octanol–water partition coefficient (Wildman–Crippen LogP) is 3.98. The van der Waals surface area contributed by atoms with Gasteiger partial charge in [0.25, 0.3) is 0 Å². The van der Waals surface area contributed by atoms with Crippen LogP contribution < -0.4 is 0 Å². The average molecular weight is 265 g/mol. The number of rotatable bonds is 2. The van der Waals surface area contributed by atoms with E-state index in [-0.39, 0.29) is 5.78 Å². The van der Waals surface area contributed by atoms with Gasteiger partial charge in [0, 0.05) is 17.3 Å². The summed E-state index contributed by atoms with van der Waals surface area (Å²) in [6, 6.07) is 11.2. The summed E-state index contributed by atoms with van der Waals surface area (Å²) in [4.78, 5) is 16.8. The molecule has 0 spiro atoms. The monoisotopic (exact) mass is 265 g/mol. The number of hydrogen-bond acceptors (Lipinski definition) is 3. The smallest absolute Gasteiger partial charge is 0.228 e. The van der Waals surface area contributed by atoms with Gasteiger partial charge in [-0.1, -0.05) is 17.2 Å². The van der Waals surface area contributed by atoms with E-state index in [1.807, 2.05) is 51.1 Å². The zero-order valence-corrected chi connectivity index (χ0v) is 11.7. The molecule has 0 aliphatic rings. The van der Waals surface area contributed by atoms with Crippen LogP contribution in [0, 0.1) is 20.8 Å². The van der Waals surface area contributed by atoms with Crippen LogP contribution in [0.4, 0.5) is 0 Å². The number of aryl methyl sites for hydroxylation is 3. The quantitative estimate of drug-likeness (QED) is 0.658. The number of carbonyl (C=O) groups is 1. The van der Waals surface area contributed by atoms with Gasteiger partial charge in [-0.05, 0) is 45.0 Å². The first-order valence-electron chi connectivity index (χ1n) is 6.53. The summed E-state index contributed by atoms with van der Waals surface area (Å²) in [6.07, 6.45) is 0. The molecule has 2 aromatic heterocycles. The molecule has 0 saturated carbocycles. The van der Waals surface area contributed by atoms with E-state index >= 15 is 0 Å². The van der Waals surface area contributed by atoms with Gasteiger partial charge in [-0.15, -0.1) is 0 Å². The van der Waals surface area contributed by atoms with Crippen molar-refractivity contribution in [2.45, 2.75) is 20.8 Å². The van der Waals surface area contributed by atoms with Crippen molar-refractivity contribution >= 4 is 16.9 Å². The van der Waals surface area contributed by atoms with Gasteiger partial charge in [0.15, 0.2) is 11.3 Å². The van der Waals surface area contributed by atoms with Gasteiger partial charge in [-0.2, -0.15) is 0 Å². The number of furan rings is 1. The second-order valence-corrected chi connectivity index (χ2v) is 5.15. The Morgan fingerprint density at radius 1 is 1.00 bits per heavy atom. The van der Waals surface area contributed by atoms with E-state index in [1.165, 1.54) is 0 Å². The van der Waals surface area contributed by atoms with Crippen molar-refractivity contribution in [3.63, 3.8) is 0 Å². The highest BCUT2D eigenvalue weighted by atomic mass is 16.3.